The summed E-state index contributed by atoms with van der Waals surface area (Å²) in [7, 11) is -5.37. The minimum atomic E-state index is -5.37. The van der Waals surface area contributed by atoms with Crippen LogP contribution in [0.1, 0.15) is 18.9 Å². The molecule has 0 heterocycles. The molecule has 1 N–H and O–H groups in total. The Bertz CT molecular complexity index is 509. The number of hydrogen-bond acceptors (Lipinski definition) is 3. The summed E-state index contributed by atoms with van der Waals surface area (Å²) in [6.45, 7) is 1.66. The van der Waals surface area contributed by atoms with Gasteiger partial charge < -0.3 is 5.11 Å². The lowest BCUT2D eigenvalue weighted by atomic mass is 10.1. The predicted molar refractivity (Wildman–Crippen MR) is 59.7 cm³/mol. The molecule has 0 aliphatic carbocycles. The highest BCUT2D eigenvalue weighted by Gasteiger charge is 2.47. The van der Waals surface area contributed by atoms with Gasteiger partial charge in [0.25, 0.3) is 9.84 Å². The Hall–Kier alpha value is -1.08. The Morgan fingerprint density at radius 3 is 2.33 bits per heavy atom. The van der Waals surface area contributed by atoms with E-state index in [9.17, 15) is 26.7 Å². The van der Waals surface area contributed by atoms with E-state index in [0.717, 1.165) is 6.07 Å². The summed E-state index contributed by atoms with van der Waals surface area (Å²) in [5, 5.41) is 9.43. The molecule has 102 valence electrons. The predicted octanol–water partition coefficient (Wildman–Crippen LogP) is 2.29. The molecule has 1 aromatic carbocycles. The first-order valence-corrected chi connectivity index (χ1v) is 6.75. The molecule has 0 radical (unpaired) electrons. The number of hydrogen-bond donors (Lipinski definition) is 1. The number of benzene rings is 1. The maximum atomic E-state index is 12.5. The lowest BCUT2D eigenvalue weighted by Gasteiger charge is -2.14. The van der Waals surface area contributed by atoms with Gasteiger partial charge in [-0.25, -0.2) is 8.42 Å². The van der Waals surface area contributed by atoms with Gasteiger partial charge in [-0.05, 0) is 24.5 Å². The first-order chi connectivity index (χ1) is 8.20. The summed E-state index contributed by atoms with van der Waals surface area (Å²) in [5.74, 6) is 0. The average molecular weight is 282 g/mol. The molecule has 0 amide bonds. The number of aliphatic hydroxyl groups is 1. The first kappa shape index (κ1) is 15.0. The van der Waals surface area contributed by atoms with Crippen LogP contribution in [0.5, 0.6) is 0 Å². The molecular formula is C11H13F3O3S. The quantitative estimate of drug-likeness (QED) is 0.922. The fraction of sp³-hybridized carbons (Fsp3) is 0.455. The minimum absolute atomic E-state index is 0.0239. The van der Waals surface area contributed by atoms with E-state index < -0.39 is 26.3 Å². The van der Waals surface area contributed by atoms with Crippen LogP contribution in [0.4, 0.5) is 13.2 Å². The summed E-state index contributed by atoms with van der Waals surface area (Å²) in [4.78, 5) is -0.787. The van der Waals surface area contributed by atoms with Crippen molar-refractivity contribution < 1.29 is 26.7 Å². The summed E-state index contributed by atoms with van der Waals surface area (Å²) in [5.41, 5.74) is -5.36. The van der Waals surface area contributed by atoms with Gasteiger partial charge in [-0.15, -0.1) is 0 Å². The lowest BCUT2D eigenvalue weighted by Crippen LogP contribution is -2.25. The zero-order chi connectivity index (χ0) is 14.0. The molecule has 0 aromatic heterocycles. The lowest BCUT2D eigenvalue weighted by molar-refractivity contribution is -0.0436. The van der Waals surface area contributed by atoms with Gasteiger partial charge in [0.05, 0.1) is 11.0 Å². The van der Waals surface area contributed by atoms with Crippen LogP contribution < -0.4 is 0 Å². The molecule has 3 nitrogen and oxygen atoms in total. The van der Waals surface area contributed by atoms with Gasteiger partial charge in [-0.1, -0.05) is 25.1 Å². The van der Waals surface area contributed by atoms with Crippen molar-refractivity contribution in [2.75, 3.05) is 0 Å². The van der Waals surface area contributed by atoms with E-state index in [1.807, 2.05) is 0 Å². The summed E-state index contributed by atoms with van der Waals surface area (Å²) >= 11 is 0. The van der Waals surface area contributed by atoms with Crippen molar-refractivity contribution in [3.05, 3.63) is 29.8 Å². The molecule has 0 aliphatic rings. The normalized spacial score (nSPS) is 14.5. The highest BCUT2D eigenvalue weighted by molar-refractivity contribution is 7.92. The van der Waals surface area contributed by atoms with Gasteiger partial charge in [0, 0.05) is 0 Å². The van der Waals surface area contributed by atoms with Crippen molar-refractivity contribution in [1.82, 2.24) is 0 Å². The van der Waals surface area contributed by atoms with Crippen molar-refractivity contribution in [3.8, 4) is 0 Å². The van der Waals surface area contributed by atoms with E-state index in [4.69, 9.17) is 0 Å². The number of halogens is 3. The van der Waals surface area contributed by atoms with Crippen molar-refractivity contribution in [2.45, 2.75) is 36.3 Å². The minimum Gasteiger partial charge on any atom is -0.393 e. The van der Waals surface area contributed by atoms with E-state index in [1.165, 1.54) is 18.2 Å². The Morgan fingerprint density at radius 2 is 1.83 bits per heavy atom. The second-order valence-corrected chi connectivity index (χ2v) is 5.73. The van der Waals surface area contributed by atoms with E-state index >= 15 is 0 Å². The van der Waals surface area contributed by atoms with Crippen LogP contribution in [-0.2, 0) is 16.3 Å². The van der Waals surface area contributed by atoms with Crippen molar-refractivity contribution in [1.29, 1.82) is 0 Å². The maximum Gasteiger partial charge on any atom is 0.501 e. The molecule has 0 fully saturated rings. The molecule has 18 heavy (non-hydrogen) atoms. The number of sulfone groups is 1. The van der Waals surface area contributed by atoms with E-state index in [-0.39, 0.29) is 12.0 Å². The van der Waals surface area contributed by atoms with Crippen molar-refractivity contribution in [3.63, 3.8) is 0 Å². The zero-order valence-electron chi connectivity index (χ0n) is 9.61. The third kappa shape index (κ3) is 3.02. The summed E-state index contributed by atoms with van der Waals surface area (Å²) < 4.78 is 60.1. The Morgan fingerprint density at radius 1 is 1.28 bits per heavy atom. The molecule has 1 aromatic rings. The van der Waals surface area contributed by atoms with Gasteiger partial charge in [-0.2, -0.15) is 13.2 Å². The largest absolute Gasteiger partial charge is 0.501 e. The second kappa shape index (κ2) is 5.27. The molecule has 1 rings (SSSR count). The summed E-state index contributed by atoms with van der Waals surface area (Å²) in [6, 6.07) is 4.84. The molecule has 0 bridgehead atoms. The molecular weight excluding hydrogens is 269 g/mol. The number of rotatable bonds is 4. The molecule has 0 spiro atoms. The number of alkyl halides is 3. The SMILES string of the molecule is CCC(O)Cc1ccccc1S(=O)(=O)C(F)(F)F. The zero-order valence-corrected chi connectivity index (χ0v) is 10.4. The highest BCUT2D eigenvalue weighted by atomic mass is 32.2. The molecule has 1 unspecified atom stereocenters. The van der Waals surface area contributed by atoms with Crippen LogP contribution in [0.2, 0.25) is 0 Å². The fourth-order valence-electron chi connectivity index (χ4n) is 1.46. The van der Waals surface area contributed by atoms with Crippen LogP contribution >= 0.6 is 0 Å². The van der Waals surface area contributed by atoms with E-state index in [1.54, 1.807) is 6.92 Å². The first-order valence-electron chi connectivity index (χ1n) is 5.27. The molecule has 1 atom stereocenters. The van der Waals surface area contributed by atoms with Gasteiger partial charge in [0.2, 0.25) is 0 Å². The van der Waals surface area contributed by atoms with Crippen LogP contribution in [0.3, 0.4) is 0 Å². The third-order valence-corrected chi connectivity index (χ3v) is 4.08. The van der Waals surface area contributed by atoms with Gasteiger partial charge in [0.1, 0.15) is 0 Å². The van der Waals surface area contributed by atoms with Crippen LogP contribution in [0.25, 0.3) is 0 Å². The van der Waals surface area contributed by atoms with Crippen molar-refractivity contribution in [2.24, 2.45) is 0 Å². The molecule has 0 saturated heterocycles. The van der Waals surface area contributed by atoms with Crippen LogP contribution in [0, 0.1) is 0 Å². The number of aliphatic hydroxyl groups excluding tert-OH is 1. The molecule has 0 aliphatic heterocycles. The van der Waals surface area contributed by atoms with E-state index in [0.29, 0.717) is 6.42 Å². The molecule has 0 saturated carbocycles. The highest BCUT2D eigenvalue weighted by Crippen LogP contribution is 2.32. The topological polar surface area (TPSA) is 54.4 Å². The smallest absolute Gasteiger partial charge is 0.393 e. The van der Waals surface area contributed by atoms with Gasteiger partial charge in [0.15, 0.2) is 0 Å². The average Bonchev–Trinajstić information content (AvgIpc) is 2.28. The van der Waals surface area contributed by atoms with Crippen LogP contribution in [-0.4, -0.2) is 25.1 Å². The maximum absolute atomic E-state index is 12.5. The standard InChI is InChI=1S/C11H13F3O3S/c1-2-9(15)7-8-5-3-4-6-10(8)18(16,17)11(12,13)14/h3-6,9,15H,2,7H2,1H3. The Kier molecular flexibility index (Phi) is 4.39. The van der Waals surface area contributed by atoms with Gasteiger partial charge >= 0.3 is 5.51 Å². The Labute approximate surface area is 103 Å². The summed E-state index contributed by atoms with van der Waals surface area (Å²) in [6.07, 6.45) is -0.655. The monoisotopic (exact) mass is 282 g/mol. The van der Waals surface area contributed by atoms with Gasteiger partial charge in [-0.3, -0.25) is 0 Å². The van der Waals surface area contributed by atoms with Crippen molar-refractivity contribution >= 4 is 9.84 Å². The molecule has 7 heteroatoms. The second-order valence-electron chi connectivity index (χ2n) is 3.82. The van der Waals surface area contributed by atoms with E-state index in [2.05, 4.69) is 0 Å². The third-order valence-electron chi connectivity index (χ3n) is 2.49. The van der Waals surface area contributed by atoms with Crippen LogP contribution in [0.15, 0.2) is 29.2 Å². The Balaban J connectivity index is 3.26. The fourth-order valence-corrected chi connectivity index (χ4v) is 2.46.